The van der Waals surface area contributed by atoms with Gasteiger partial charge in [0.05, 0.1) is 0 Å². The Hall–Kier alpha value is -4.20. The number of carbonyl (C=O) groups excluding carboxylic acids is 3. The summed E-state index contributed by atoms with van der Waals surface area (Å²) in [5.41, 5.74) is 7.33. The Kier molecular flexibility index (Phi) is 5.85. The van der Waals surface area contributed by atoms with Gasteiger partial charge in [0.25, 0.3) is 5.91 Å². The lowest BCUT2D eigenvalue weighted by atomic mass is 10.1. The second kappa shape index (κ2) is 8.89. The first-order valence-corrected chi connectivity index (χ1v) is 9.97. The minimum absolute atomic E-state index is 0.0188. The van der Waals surface area contributed by atoms with Crippen LogP contribution >= 0.6 is 0 Å². The third-order valence-electron chi connectivity index (χ3n) is 5.05. The van der Waals surface area contributed by atoms with Crippen LogP contribution in [-0.4, -0.2) is 23.8 Å². The number of nitrogens with two attached hydrogens (primary N) is 1. The standard InChI is InChI=1S/C24H20FN3O4/c25-15-7-5-14(6-8-15)23(30)28-19(10-12-22(26)29)24(31)27-16-9-11-21-18(13-16)17-3-1-2-4-20(17)32-21/h1-9,11,13,19H,10,12H2,(H2,26,29)(H,27,31)(H,28,30)/t19-/m1/s1. The molecule has 3 amide bonds. The van der Waals surface area contributed by atoms with Gasteiger partial charge in [0, 0.05) is 28.4 Å². The van der Waals surface area contributed by atoms with E-state index in [9.17, 15) is 18.8 Å². The number of nitrogens with one attached hydrogen (secondary N) is 2. The molecule has 1 heterocycles. The molecule has 8 heteroatoms. The van der Waals surface area contributed by atoms with Gasteiger partial charge in [-0.1, -0.05) is 18.2 Å². The molecular formula is C24H20FN3O4. The van der Waals surface area contributed by atoms with Crippen LogP contribution in [0.15, 0.2) is 71.1 Å². The molecule has 0 unspecified atom stereocenters. The Labute approximate surface area is 182 Å². The molecule has 0 spiro atoms. The maximum atomic E-state index is 13.1. The molecular weight excluding hydrogens is 413 g/mol. The topological polar surface area (TPSA) is 114 Å². The molecule has 32 heavy (non-hydrogen) atoms. The lowest BCUT2D eigenvalue weighted by molar-refractivity contribution is -0.119. The fraction of sp³-hybridized carbons (Fsp3) is 0.125. The highest BCUT2D eigenvalue weighted by Crippen LogP contribution is 2.30. The van der Waals surface area contributed by atoms with Gasteiger partial charge in [-0.25, -0.2) is 4.39 Å². The molecule has 0 bridgehead atoms. The predicted molar refractivity (Wildman–Crippen MR) is 118 cm³/mol. The zero-order valence-corrected chi connectivity index (χ0v) is 16.9. The Bertz CT molecular complexity index is 1310. The number of furan rings is 1. The van der Waals surface area contributed by atoms with Gasteiger partial charge in [-0.05, 0) is 55.0 Å². The SMILES string of the molecule is NC(=O)CC[C@@H](NC(=O)c1ccc(F)cc1)C(=O)Nc1ccc2oc3ccccc3c2c1. The van der Waals surface area contributed by atoms with Crippen LogP contribution < -0.4 is 16.4 Å². The molecule has 0 aliphatic heterocycles. The third-order valence-corrected chi connectivity index (χ3v) is 5.05. The molecule has 0 saturated carbocycles. The van der Waals surface area contributed by atoms with Gasteiger partial charge in [0.1, 0.15) is 23.0 Å². The Balaban J connectivity index is 1.54. The minimum atomic E-state index is -1.02. The second-order valence-corrected chi connectivity index (χ2v) is 7.34. The number of carbonyl (C=O) groups is 3. The Morgan fingerprint density at radius 1 is 0.938 bits per heavy atom. The summed E-state index contributed by atoms with van der Waals surface area (Å²) in [7, 11) is 0. The van der Waals surface area contributed by atoms with Crippen LogP contribution in [0.5, 0.6) is 0 Å². The molecule has 3 aromatic carbocycles. The quantitative estimate of drug-likeness (QED) is 0.412. The number of benzene rings is 3. The highest BCUT2D eigenvalue weighted by molar-refractivity contribution is 6.07. The molecule has 4 aromatic rings. The zero-order chi connectivity index (χ0) is 22.7. The number of primary amides is 1. The monoisotopic (exact) mass is 433 g/mol. The molecule has 0 aliphatic carbocycles. The summed E-state index contributed by atoms with van der Waals surface area (Å²) < 4.78 is 18.9. The number of amides is 3. The second-order valence-electron chi connectivity index (χ2n) is 7.34. The van der Waals surface area contributed by atoms with Crippen molar-refractivity contribution in [3.63, 3.8) is 0 Å². The number of anilines is 1. The summed E-state index contributed by atoms with van der Waals surface area (Å²) in [6.07, 6.45) is -0.0713. The average Bonchev–Trinajstić information content (AvgIpc) is 3.14. The van der Waals surface area contributed by atoms with Crippen LogP contribution in [0.4, 0.5) is 10.1 Å². The summed E-state index contributed by atoms with van der Waals surface area (Å²) in [6, 6.07) is 16.7. The normalized spacial score (nSPS) is 11.9. The lowest BCUT2D eigenvalue weighted by Crippen LogP contribution is -2.44. The first-order valence-electron chi connectivity index (χ1n) is 9.97. The minimum Gasteiger partial charge on any atom is -0.456 e. The van der Waals surface area contributed by atoms with E-state index in [0.717, 1.165) is 28.5 Å². The maximum absolute atomic E-state index is 13.1. The summed E-state index contributed by atoms with van der Waals surface area (Å²) in [5.74, 6) is -2.14. The molecule has 1 atom stereocenters. The number of hydrogen-bond donors (Lipinski definition) is 3. The summed E-state index contributed by atoms with van der Waals surface area (Å²) in [5, 5.41) is 7.11. The van der Waals surface area contributed by atoms with Crippen molar-refractivity contribution in [1.82, 2.24) is 5.32 Å². The van der Waals surface area contributed by atoms with Crippen molar-refractivity contribution in [1.29, 1.82) is 0 Å². The van der Waals surface area contributed by atoms with E-state index < -0.39 is 29.6 Å². The fourth-order valence-corrected chi connectivity index (χ4v) is 3.43. The van der Waals surface area contributed by atoms with Crippen molar-refractivity contribution in [3.8, 4) is 0 Å². The van der Waals surface area contributed by atoms with Crippen molar-refractivity contribution in [2.45, 2.75) is 18.9 Å². The van der Waals surface area contributed by atoms with E-state index in [2.05, 4.69) is 10.6 Å². The molecule has 0 aliphatic rings. The van der Waals surface area contributed by atoms with Gasteiger partial charge in [0.2, 0.25) is 11.8 Å². The van der Waals surface area contributed by atoms with E-state index in [0.29, 0.717) is 11.3 Å². The third kappa shape index (κ3) is 4.59. The van der Waals surface area contributed by atoms with E-state index in [-0.39, 0.29) is 18.4 Å². The Morgan fingerprint density at radius 2 is 1.66 bits per heavy atom. The molecule has 162 valence electrons. The number of halogens is 1. The first kappa shape index (κ1) is 21.0. The average molecular weight is 433 g/mol. The summed E-state index contributed by atoms with van der Waals surface area (Å²) in [4.78, 5) is 36.7. The lowest BCUT2D eigenvalue weighted by Gasteiger charge is -2.18. The van der Waals surface area contributed by atoms with Crippen LogP contribution in [0.2, 0.25) is 0 Å². The Morgan fingerprint density at radius 3 is 2.41 bits per heavy atom. The van der Waals surface area contributed by atoms with Gasteiger partial charge in [-0.15, -0.1) is 0 Å². The highest BCUT2D eigenvalue weighted by atomic mass is 19.1. The van der Waals surface area contributed by atoms with E-state index in [1.165, 1.54) is 12.1 Å². The molecule has 0 saturated heterocycles. The van der Waals surface area contributed by atoms with Gasteiger partial charge in [0.15, 0.2) is 0 Å². The van der Waals surface area contributed by atoms with Crippen molar-refractivity contribution >= 4 is 45.3 Å². The van der Waals surface area contributed by atoms with Gasteiger partial charge < -0.3 is 20.8 Å². The van der Waals surface area contributed by atoms with Crippen molar-refractivity contribution in [2.24, 2.45) is 5.73 Å². The van der Waals surface area contributed by atoms with Crippen LogP contribution in [-0.2, 0) is 9.59 Å². The van der Waals surface area contributed by atoms with E-state index in [1.807, 2.05) is 24.3 Å². The van der Waals surface area contributed by atoms with Crippen LogP contribution in [0.3, 0.4) is 0 Å². The fourth-order valence-electron chi connectivity index (χ4n) is 3.43. The number of rotatable bonds is 7. The molecule has 4 rings (SSSR count). The zero-order valence-electron chi connectivity index (χ0n) is 16.9. The highest BCUT2D eigenvalue weighted by Gasteiger charge is 2.22. The summed E-state index contributed by atoms with van der Waals surface area (Å²) in [6.45, 7) is 0. The van der Waals surface area contributed by atoms with Crippen LogP contribution in [0.1, 0.15) is 23.2 Å². The number of hydrogen-bond acceptors (Lipinski definition) is 4. The van der Waals surface area contributed by atoms with Crippen molar-refractivity contribution < 1.29 is 23.2 Å². The van der Waals surface area contributed by atoms with Crippen molar-refractivity contribution in [2.75, 3.05) is 5.32 Å². The molecule has 0 fully saturated rings. The number of para-hydroxylation sites is 1. The number of fused-ring (bicyclic) bond motifs is 3. The van der Waals surface area contributed by atoms with E-state index in [4.69, 9.17) is 10.2 Å². The van der Waals surface area contributed by atoms with Crippen LogP contribution in [0, 0.1) is 5.82 Å². The summed E-state index contributed by atoms with van der Waals surface area (Å²) >= 11 is 0. The first-order chi connectivity index (χ1) is 15.4. The van der Waals surface area contributed by atoms with Gasteiger partial charge >= 0.3 is 0 Å². The van der Waals surface area contributed by atoms with Gasteiger partial charge in [-0.3, -0.25) is 14.4 Å². The van der Waals surface area contributed by atoms with E-state index in [1.54, 1.807) is 18.2 Å². The molecule has 1 aromatic heterocycles. The predicted octanol–water partition coefficient (Wildman–Crippen LogP) is 3.73. The van der Waals surface area contributed by atoms with Crippen LogP contribution in [0.25, 0.3) is 21.9 Å². The largest absolute Gasteiger partial charge is 0.456 e. The maximum Gasteiger partial charge on any atom is 0.251 e. The van der Waals surface area contributed by atoms with E-state index >= 15 is 0 Å². The molecule has 0 radical (unpaired) electrons. The smallest absolute Gasteiger partial charge is 0.251 e. The molecule has 7 nitrogen and oxygen atoms in total. The van der Waals surface area contributed by atoms with Gasteiger partial charge in [-0.2, -0.15) is 0 Å². The van der Waals surface area contributed by atoms with Crippen molar-refractivity contribution in [3.05, 3.63) is 78.1 Å². The molecule has 4 N–H and O–H groups in total.